The monoisotopic (exact) mass is 782 g/mol. The molecule has 3 N–H and O–H groups in total. The molecule has 0 heterocycles. The van der Waals surface area contributed by atoms with Crippen molar-refractivity contribution in [1.82, 2.24) is 0 Å². The number of hydrogen-bond acceptors (Lipinski definition) is 8. The summed E-state index contributed by atoms with van der Waals surface area (Å²) in [7, 11) is -4.38. The Morgan fingerprint density at radius 3 is 1.52 bits per heavy atom. The van der Waals surface area contributed by atoms with Gasteiger partial charge in [-0.1, -0.05) is 172 Å². The Hall–Kier alpha value is -2.03. The first-order chi connectivity index (χ1) is 26.3. The van der Waals surface area contributed by atoms with Crippen LogP contribution in [0, 0.1) is 0 Å². The van der Waals surface area contributed by atoms with Gasteiger partial charge in [-0.2, -0.15) is 0 Å². The summed E-state index contributed by atoms with van der Waals surface area (Å²) in [5.74, 6) is -0.874. The van der Waals surface area contributed by atoms with E-state index in [0.29, 0.717) is 12.8 Å². The number of phosphoric ester groups is 1. The van der Waals surface area contributed by atoms with Crippen LogP contribution >= 0.6 is 7.82 Å². The molecule has 0 radical (unpaired) electrons. The smallest absolute Gasteiger partial charge is 0.462 e. The fraction of sp³-hybridized carbons (Fsp3) is 0.773. The molecule has 0 aliphatic carbocycles. The van der Waals surface area contributed by atoms with Gasteiger partial charge in [-0.15, -0.1) is 0 Å². The minimum atomic E-state index is -4.38. The standard InChI is InChI=1S/C44H80NO8P/c1-3-5-7-9-11-13-15-17-19-20-21-23-25-27-29-31-33-35-37-44(47)53-42(41-52-54(48,49)51-39-38-45)40-50-43(46)36-34-32-30-28-26-24-22-18-16-14-12-10-8-6-4-2/h6,8,12,14,18,22,26,28,42H,3-5,7,9-11,13,15-17,19-21,23-25,27,29-41,45H2,1-2H3,(H,48,49)/b8-6+,14-12+,22-18+,28-26+/t42-/m1/s1. The van der Waals surface area contributed by atoms with Crippen molar-refractivity contribution in [1.29, 1.82) is 0 Å². The number of carbonyl (C=O) groups is 2. The summed E-state index contributed by atoms with van der Waals surface area (Å²) in [6.07, 6.45) is 45.7. The lowest BCUT2D eigenvalue weighted by molar-refractivity contribution is -0.161. The molecule has 0 rings (SSSR count). The number of hydrogen-bond donors (Lipinski definition) is 2. The van der Waals surface area contributed by atoms with Gasteiger partial charge in [0, 0.05) is 19.4 Å². The quantitative estimate of drug-likeness (QED) is 0.0269. The largest absolute Gasteiger partial charge is 0.472 e. The molecule has 0 amide bonds. The number of unbranched alkanes of at least 4 members (excludes halogenated alkanes) is 19. The number of carbonyl (C=O) groups excluding carboxylic acids is 2. The summed E-state index contributed by atoms with van der Waals surface area (Å²) in [5.41, 5.74) is 5.34. The molecule has 0 saturated carbocycles. The SMILES string of the molecule is CC/C=C/C/C=C/C/C=C/C/C=C/CCCCC(=O)OC[C@H](COP(=O)(O)OCCN)OC(=O)CCCCCCCCCCCCCCCCCCCC. The van der Waals surface area contributed by atoms with Crippen LogP contribution in [-0.4, -0.2) is 49.3 Å². The highest BCUT2D eigenvalue weighted by Crippen LogP contribution is 2.43. The third-order valence-electron chi connectivity index (χ3n) is 8.98. The second kappa shape index (κ2) is 40.6. The lowest BCUT2D eigenvalue weighted by Gasteiger charge is -2.19. The summed E-state index contributed by atoms with van der Waals surface area (Å²) in [6.45, 7) is 3.58. The van der Waals surface area contributed by atoms with Crippen LogP contribution in [0.4, 0.5) is 0 Å². The Morgan fingerprint density at radius 2 is 1.02 bits per heavy atom. The fourth-order valence-corrected chi connectivity index (χ4v) is 6.57. The normalized spacial score (nSPS) is 13.8. The van der Waals surface area contributed by atoms with E-state index in [1.54, 1.807) is 0 Å². The van der Waals surface area contributed by atoms with Crippen LogP contribution in [-0.2, 0) is 32.7 Å². The predicted molar refractivity (Wildman–Crippen MR) is 224 cm³/mol. The van der Waals surface area contributed by atoms with E-state index < -0.39 is 32.5 Å². The molecule has 0 aromatic carbocycles. The first kappa shape index (κ1) is 52.0. The maximum absolute atomic E-state index is 12.6. The summed E-state index contributed by atoms with van der Waals surface area (Å²) < 4.78 is 32.7. The zero-order valence-electron chi connectivity index (χ0n) is 34.4. The molecule has 0 aliphatic heterocycles. The Balaban J connectivity index is 4.19. The molecule has 0 bridgehead atoms. The molecular formula is C44H80NO8P. The van der Waals surface area contributed by atoms with Crippen LogP contribution in [0.25, 0.3) is 0 Å². The molecule has 2 atom stereocenters. The third-order valence-corrected chi connectivity index (χ3v) is 9.96. The van der Waals surface area contributed by atoms with E-state index in [1.807, 2.05) is 0 Å². The molecule has 54 heavy (non-hydrogen) atoms. The molecule has 10 heteroatoms. The summed E-state index contributed by atoms with van der Waals surface area (Å²) in [4.78, 5) is 34.8. The second-order valence-electron chi connectivity index (χ2n) is 14.2. The van der Waals surface area contributed by atoms with Gasteiger partial charge in [-0.25, -0.2) is 4.57 Å². The highest BCUT2D eigenvalue weighted by Gasteiger charge is 2.26. The molecule has 0 saturated heterocycles. The van der Waals surface area contributed by atoms with E-state index in [1.165, 1.54) is 89.9 Å². The molecular weight excluding hydrogens is 701 g/mol. The van der Waals surface area contributed by atoms with Crippen molar-refractivity contribution in [2.24, 2.45) is 5.73 Å². The van der Waals surface area contributed by atoms with Crippen LogP contribution in [0.2, 0.25) is 0 Å². The van der Waals surface area contributed by atoms with Crippen molar-refractivity contribution < 1.29 is 37.6 Å². The molecule has 0 aromatic heterocycles. The minimum Gasteiger partial charge on any atom is -0.462 e. The summed E-state index contributed by atoms with van der Waals surface area (Å²) >= 11 is 0. The summed E-state index contributed by atoms with van der Waals surface area (Å²) in [6, 6.07) is 0. The molecule has 314 valence electrons. The predicted octanol–water partition coefficient (Wildman–Crippen LogP) is 12.3. The van der Waals surface area contributed by atoms with Gasteiger partial charge in [-0.3, -0.25) is 18.6 Å². The van der Waals surface area contributed by atoms with Crippen molar-refractivity contribution in [3.05, 3.63) is 48.6 Å². The fourth-order valence-electron chi connectivity index (χ4n) is 5.80. The van der Waals surface area contributed by atoms with Crippen LogP contribution in [0.1, 0.15) is 187 Å². The van der Waals surface area contributed by atoms with E-state index >= 15 is 0 Å². The van der Waals surface area contributed by atoms with Crippen LogP contribution in [0.3, 0.4) is 0 Å². The Labute approximate surface area is 330 Å². The van der Waals surface area contributed by atoms with E-state index in [4.69, 9.17) is 24.3 Å². The lowest BCUT2D eigenvalue weighted by atomic mass is 10.0. The van der Waals surface area contributed by atoms with E-state index in [9.17, 15) is 19.0 Å². The third kappa shape index (κ3) is 39.7. The van der Waals surface area contributed by atoms with Crippen molar-refractivity contribution in [2.75, 3.05) is 26.4 Å². The maximum Gasteiger partial charge on any atom is 0.472 e. The maximum atomic E-state index is 12.6. The van der Waals surface area contributed by atoms with Gasteiger partial charge >= 0.3 is 19.8 Å². The first-order valence-electron chi connectivity index (χ1n) is 21.6. The van der Waals surface area contributed by atoms with Crippen LogP contribution in [0.5, 0.6) is 0 Å². The number of allylic oxidation sites excluding steroid dienone is 8. The van der Waals surface area contributed by atoms with Gasteiger partial charge in [0.1, 0.15) is 6.61 Å². The van der Waals surface area contributed by atoms with E-state index in [2.05, 4.69) is 62.5 Å². The minimum absolute atomic E-state index is 0.0472. The average molecular weight is 782 g/mol. The van der Waals surface area contributed by atoms with Gasteiger partial charge in [0.15, 0.2) is 6.10 Å². The number of nitrogens with two attached hydrogens (primary N) is 1. The van der Waals surface area contributed by atoms with Gasteiger partial charge < -0.3 is 20.1 Å². The van der Waals surface area contributed by atoms with Crippen molar-refractivity contribution in [2.45, 2.75) is 193 Å². The number of phosphoric acid groups is 1. The Kier molecular flexibility index (Phi) is 39.1. The lowest BCUT2D eigenvalue weighted by Crippen LogP contribution is -2.29. The van der Waals surface area contributed by atoms with Gasteiger partial charge in [0.05, 0.1) is 13.2 Å². The molecule has 9 nitrogen and oxygen atoms in total. The number of rotatable bonds is 40. The average Bonchev–Trinajstić information content (AvgIpc) is 3.16. The van der Waals surface area contributed by atoms with E-state index in [0.717, 1.165) is 57.8 Å². The van der Waals surface area contributed by atoms with Crippen molar-refractivity contribution in [3.8, 4) is 0 Å². The second-order valence-corrected chi connectivity index (χ2v) is 15.6. The molecule has 0 aromatic rings. The highest BCUT2D eigenvalue weighted by molar-refractivity contribution is 7.47. The van der Waals surface area contributed by atoms with Gasteiger partial charge in [0.25, 0.3) is 0 Å². The summed E-state index contributed by atoms with van der Waals surface area (Å²) in [5, 5.41) is 0. The molecule has 1 unspecified atom stereocenters. The Bertz CT molecular complexity index is 1030. The zero-order valence-corrected chi connectivity index (χ0v) is 35.3. The Morgan fingerprint density at radius 1 is 0.574 bits per heavy atom. The molecule has 0 aliphatic rings. The molecule has 0 fully saturated rings. The van der Waals surface area contributed by atoms with E-state index in [-0.39, 0.29) is 32.6 Å². The zero-order chi connectivity index (χ0) is 39.6. The van der Waals surface area contributed by atoms with Gasteiger partial charge in [-0.05, 0) is 51.4 Å². The first-order valence-corrected chi connectivity index (χ1v) is 23.1. The van der Waals surface area contributed by atoms with Crippen LogP contribution < -0.4 is 5.73 Å². The topological polar surface area (TPSA) is 134 Å². The van der Waals surface area contributed by atoms with Crippen molar-refractivity contribution in [3.63, 3.8) is 0 Å². The van der Waals surface area contributed by atoms with Crippen LogP contribution in [0.15, 0.2) is 48.6 Å². The van der Waals surface area contributed by atoms with Crippen molar-refractivity contribution >= 4 is 19.8 Å². The number of ether oxygens (including phenoxy) is 2. The number of esters is 2. The van der Waals surface area contributed by atoms with Gasteiger partial charge in [0.2, 0.25) is 0 Å². The highest BCUT2D eigenvalue weighted by atomic mass is 31.2. The molecule has 0 spiro atoms.